The topological polar surface area (TPSA) is 9.23 Å². The second-order valence-corrected chi connectivity index (χ2v) is 13.9. The zero-order chi connectivity index (χ0) is 32.9. The van der Waals surface area contributed by atoms with Crippen LogP contribution in [0.4, 0.5) is 17.6 Å². The summed E-state index contributed by atoms with van der Waals surface area (Å²) in [5, 5.41) is 0. The molecule has 2 saturated carbocycles. The van der Waals surface area contributed by atoms with Crippen LogP contribution in [0.3, 0.4) is 0 Å². The Kier molecular flexibility index (Phi) is 10.7. The number of hydrogen-bond acceptors (Lipinski definition) is 1. The number of rotatable bonds is 10. The van der Waals surface area contributed by atoms with E-state index < -0.39 is 23.3 Å². The third kappa shape index (κ3) is 8.11. The van der Waals surface area contributed by atoms with E-state index in [-0.39, 0.29) is 0 Å². The van der Waals surface area contributed by atoms with Crippen molar-refractivity contribution in [3.05, 3.63) is 129 Å². The molecule has 2 aliphatic carbocycles. The van der Waals surface area contributed by atoms with E-state index in [0.29, 0.717) is 47.3 Å². The van der Waals surface area contributed by atoms with Crippen molar-refractivity contribution < 1.29 is 22.3 Å². The average molecular weight is 643 g/mol. The van der Waals surface area contributed by atoms with Crippen molar-refractivity contribution in [1.82, 2.24) is 0 Å². The molecular formula is C42H46F4O. The highest BCUT2D eigenvalue weighted by atomic mass is 19.2. The quantitative estimate of drug-likeness (QED) is 0.156. The molecule has 47 heavy (non-hydrogen) atoms. The van der Waals surface area contributed by atoms with Gasteiger partial charge in [-0.15, -0.1) is 0 Å². The molecule has 5 heteroatoms. The highest BCUT2D eigenvalue weighted by molar-refractivity contribution is 5.48. The molecule has 1 nitrogen and oxygen atoms in total. The van der Waals surface area contributed by atoms with Gasteiger partial charge in [0.2, 0.25) is 0 Å². The summed E-state index contributed by atoms with van der Waals surface area (Å²) in [5.74, 6) is 0.345. The molecule has 248 valence electrons. The molecule has 0 saturated heterocycles. The van der Waals surface area contributed by atoms with Gasteiger partial charge in [-0.3, -0.25) is 0 Å². The molecule has 0 atom stereocenters. The summed E-state index contributed by atoms with van der Waals surface area (Å²) < 4.78 is 62.8. The van der Waals surface area contributed by atoms with Crippen LogP contribution in [0.2, 0.25) is 0 Å². The summed E-state index contributed by atoms with van der Waals surface area (Å²) in [6.07, 6.45) is 12.7. The van der Waals surface area contributed by atoms with E-state index in [0.717, 1.165) is 48.6 Å². The van der Waals surface area contributed by atoms with Gasteiger partial charge >= 0.3 is 0 Å². The first-order valence-corrected chi connectivity index (χ1v) is 17.6. The van der Waals surface area contributed by atoms with Gasteiger partial charge in [-0.2, -0.15) is 0 Å². The first-order chi connectivity index (χ1) is 22.8. The molecule has 4 aromatic rings. The summed E-state index contributed by atoms with van der Waals surface area (Å²) in [5.41, 5.74) is 5.66. The molecule has 0 amide bonds. The third-order valence-electron chi connectivity index (χ3n) is 10.9. The van der Waals surface area contributed by atoms with E-state index in [1.807, 2.05) is 12.1 Å². The normalized spacial score (nSPS) is 21.5. The minimum Gasteiger partial charge on any atom is -0.457 e. The Morgan fingerprint density at radius 2 is 0.894 bits per heavy atom. The monoisotopic (exact) mass is 642 g/mol. The lowest BCUT2D eigenvalue weighted by molar-refractivity contribution is 0.318. The van der Waals surface area contributed by atoms with Crippen LogP contribution >= 0.6 is 0 Å². The first-order valence-electron chi connectivity index (χ1n) is 17.6. The Labute approximate surface area is 277 Å². The van der Waals surface area contributed by atoms with E-state index in [1.165, 1.54) is 73.9 Å². The average Bonchev–Trinajstić information content (AvgIpc) is 3.09. The van der Waals surface area contributed by atoms with Gasteiger partial charge in [0.25, 0.3) is 0 Å². The molecule has 0 aromatic heterocycles. The molecule has 0 unspecified atom stereocenters. The minimum absolute atomic E-state index is 0.391. The molecular weight excluding hydrogens is 596 g/mol. The van der Waals surface area contributed by atoms with Gasteiger partial charge in [0.1, 0.15) is 11.5 Å². The summed E-state index contributed by atoms with van der Waals surface area (Å²) in [4.78, 5) is 0. The highest BCUT2D eigenvalue weighted by Crippen LogP contribution is 2.42. The fraction of sp³-hybridized carbons (Fsp3) is 0.429. The first kappa shape index (κ1) is 33.3. The van der Waals surface area contributed by atoms with Crippen molar-refractivity contribution in [2.45, 2.75) is 103 Å². The minimum atomic E-state index is -0.864. The van der Waals surface area contributed by atoms with Crippen molar-refractivity contribution in [2.75, 3.05) is 0 Å². The Morgan fingerprint density at radius 3 is 1.26 bits per heavy atom. The maximum atomic E-state index is 14.3. The lowest BCUT2D eigenvalue weighted by Gasteiger charge is -2.29. The zero-order valence-corrected chi connectivity index (χ0v) is 27.6. The van der Waals surface area contributed by atoms with Crippen LogP contribution in [0.15, 0.2) is 72.8 Å². The van der Waals surface area contributed by atoms with E-state index in [1.54, 1.807) is 12.1 Å². The second-order valence-electron chi connectivity index (χ2n) is 13.9. The standard InChI is InChI=1S/C42H46F4O/c1-3-27-5-11-31(12-6-27)33-15-19-41(35(25-33)21-29-9-17-37(43)39(45)23-29)47-42-20-16-34(32-13-7-28(4-2)8-14-32)26-36(42)22-30-10-18-38(44)40(46)24-30/h9-10,15-20,23-28,31-32H,3-8,11-14,21-22H2,1-2H3. The van der Waals surface area contributed by atoms with Crippen LogP contribution in [0.25, 0.3) is 0 Å². The molecule has 0 radical (unpaired) electrons. The van der Waals surface area contributed by atoms with Crippen molar-refractivity contribution >= 4 is 0 Å². The summed E-state index contributed by atoms with van der Waals surface area (Å²) in [6, 6.07) is 20.8. The van der Waals surface area contributed by atoms with E-state index in [2.05, 4.69) is 38.1 Å². The van der Waals surface area contributed by atoms with Crippen LogP contribution in [-0.2, 0) is 12.8 Å². The van der Waals surface area contributed by atoms with Crippen molar-refractivity contribution in [3.8, 4) is 11.5 Å². The Hall–Kier alpha value is -3.60. The zero-order valence-electron chi connectivity index (χ0n) is 27.6. The summed E-state index contributed by atoms with van der Waals surface area (Å²) >= 11 is 0. The number of halogens is 4. The van der Waals surface area contributed by atoms with Crippen LogP contribution in [0.5, 0.6) is 11.5 Å². The molecule has 6 rings (SSSR count). The Morgan fingerprint density at radius 1 is 0.489 bits per heavy atom. The molecule has 0 bridgehead atoms. The van der Waals surface area contributed by atoms with E-state index >= 15 is 0 Å². The van der Waals surface area contributed by atoms with Gasteiger partial charge in [-0.05, 0) is 145 Å². The van der Waals surface area contributed by atoms with Crippen LogP contribution in [0, 0.1) is 35.1 Å². The molecule has 0 heterocycles. The van der Waals surface area contributed by atoms with Gasteiger partial charge in [-0.25, -0.2) is 17.6 Å². The smallest absolute Gasteiger partial charge is 0.159 e. The van der Waals surface area contributed by atoms with Gasteiger partial charge < -0.3 is 4.74 Å². The fourth-order valence-corrected chi connectivity index (χ4v) is 7.85. The second kappa shape index (κ2) is 15.1. The molecule has 0 spiro atoms. The number of hydrogen-bond donors (Lipinski definition) is 0. The molecule has 2 aliphatic rings. The Balaban J connectivity index is 1.34. The summed E-state index contributed by atoms with van der Waals surface area (Å²) in [6.45, 7) is 4.53. The van der Waals surface area contributed by atoms with Gasteiger partial charge in [0.05, 0.1) is 0 Å². The predicted molar refractivity (Wildman–Crippen MR) is 181 cm³/mol. The van der Waals surface area contributed by atoms with Crippen molar-refractivity contribution in [2.24, 2.45) is 11.8 Å². The van der Waals surface area contributed by atoms with Gasteiger partial charge in [-0.1, -0.05) is 63.1 Å². The van der Waals surface area contributed by atoms with Crippen molar-refractivity contribution in [3.63, 3.8) is 0 Å². The predicted octanol–water partition coefficient (Wildman–Crippen LogP) is 12.6. The fourth-order valence-electron chi connectivity index (χ4n) is 7.85. The van der Waals surface area contributed by atoms with Crippen LogP contribution in [-0.4, -0.2) is 0 Å². The lowest BCUT2D eigenvalue weighted by atomic mass is 9.77. The van der Waals surface area contributed by atoms with E-state index in [4.69, 9.17) is 4.74 Å². The SMILES string of the molecule is CCC1CCC(c2ccc(Oc3ccc(C4CCC(CC)CC4)cc3Cc3ccc(F)c(F)c3)c(Cc3ccc(F)c(F)c3)c2)CC1. The number of benzene rings is 4. The maximum Gasteiger partial charge on any atom is 0.159 e. The van der Waals surface area contributed by atoms with Crippen LogP contribution in [0.1, 0.15) is 123 Å². The Bertz CT molecular complexity index is 1540. The molecule has 4 aromatic carbocycles. The largest absolute Gasteiger partial charge is 0.457 e. The summed E-state index contributed by atoms with van der Waals surface area (Å²) in [7, 11) is 0. The van der Waals surface area contributed by atoms with E-state index in [9.17, 15) is 17.6 Å². The number of ether oxygens (including phenoxy) is 1. The van der Waals surface area contributed by atoms with Gasteiger partial charge in [0.15, 0.2) is 23.3 Å². The maximum absolute atomic E-state index is 14.3. The van der Waals surface area contributed by atoms with Crippen LogP contribution < -0.4 is 4.74 Å². The molecule has 0 N–H and O–H groups in total. The van der Waals surface area contributed by atoms with Gasteiger partial charge in [0, 0.05) is 12.8 Å². The highest BCUT2D eigenvalue weighted by Gasteiger charge is 2.24. The molecule has 2 fully saturated rings. The lowest BCUT2D eigenvalue weighted by Crippen LogP contribution is -2.13. The third-order valence-corrected chi connectivity index (χ3v) is 10.9. The molecule has 0 aliphatic heterocycles. The van der Waals surface area contributed by atoms with Crippen molar-refractivity contribution in [1.29, 1.82) is 0 Å².